The van der Waals surface area contributed by atoms with Crippen molar-refractivity contribution in [1.29, 1.82) is 5.26 Å². The molecule has 0 aromatic carbocycles. The SMILES string of the molecule is Cc1c(-c2cc(OC(C)c3ccn(C(F)(F)F)n3)c3c(C#N)cnn3c2)nnn1C1CCN(C(=O)OC(C)(C)C)CC1. The van der Waals surface area contributed by atoms with E-state index in [0.29, 0.717) is 42.7 Å². The first kappa shape index (κ1) is 28.9. The predicted octanol–water partition coefficient (Wildman–Crippen LogP) is 5.16. The Morgan fingerprint density at radius 1 is 1.21 bits per heavy atom. The molecule has 1 fully saturated rings. The van der Waals surface area contributed by atoms with Gasteiger partial charge in [-0.2, -0.15) is 20.1 Å². The smallest absolute Gasteiger partial charge is 0.482 e. The number of amides is 1. The number of fused-ring (bicyclic) bond motifs is 1. The average Bonchev–Trinajstić information content (AvgIpc) is 3.66. The lowest BCUT2D eigenvalue weighted by Crippen LogP contribution is -2.42. The van der Waals surface area contributed by atoms with Crippen molar-refractivity contribution >= 4 is 11.6 Å². The van der Waals surface area contributed by atoms with Gasteiger partial charge in [0, 0.05) is 31.0 Å². The molecule has 1 aliphatic heterocycles. The van der Waals surface area contributed by atoms with Gasteiger partial charge in [0.2, 0.25) is 0 Å². The molecule has 4 aromatic heterocycles. The van der Waals surface area contributed by atoms with E-state index >= 15 is 0 Å². The number of hydrogen-bond donors (Lipinski definition) is 0. The maximum absolute atomic E-state index is 13.1. The number of carbonyl (C=O) groups excluding carboxylic acids is 1. The minimum atomic E-state index is -4.65. The lowest BCUT2D eigenvalue weighted by molar-refractivity contribution is -0.212. The maximum Gasteiger partial charge on any atom is 0.504 e. The number of nitrogens with zero attached hydrogens (tertiary/aromatic N) is 9. The van der Waals surface area contributed by atoms with Gasteiger partial charge in [0.05, 0.1) is 17.9 Å². The van der Waals surface area contributed by atoms with Gasteiger partial charge >= 0.3 is 12.4 Å². The number of halogens is 3. The van der Waals surface area contributed by atoms with Crippen LogP contribution in [0.1, 0.15) is 69.6 Å². The lowest BCUT2D eigenvalue weighted by atomic mass is 10.0. The number of alkyl halides is 3. The van der Waals surface area contributed by atoms with Gasteiger partial charge in [-0.15, -0.1) is 18.3 Å². The third-order valence-corrected chi connectivity index (χ3v) is 6.95. The second-order valence-corrected chi connectivity index (χ2v) is 11.1. The third-order valence-electron chi connectivity index (χ3n) is 6.95. The summed E-state index contributed by atoms with van der Waals surface area (Å²) in [5, 5.41) is 26.3. The van der Waals surface area contributed by atoms with E-state index < -0.39 is 18.0 Å². The summed E-state index contributed by atoms with van der Waals surface area (Å²) >= 11 is 0. The van der Waals surface area contributed by atoms with E-state index in [9.17, 15) is 23.2 Å². The van der Waals surface area contributed by atoms with Crippen LogP contribution in [0.4, 0.5) is 18.0 Å². The molecule has 0 aliphatic carbocycles. The lowest BCUT2D eigenvalue weighted by Gasteiger charge is -2.33. The monoisotopic (exact) mass is 585 g/mol. The highest BCUT2D eigenvalue weighted by molar-refractivity contribution is 5.75. The van der Waals surface area contributed by atoms with E-state index in [0.717, 1.165) is 11.9 Å². The fraction of sp³-hybridized carbons (Fsp3) is 0.481. The normalized spacial score (nSPS) is 15.5. The Bertz CT molecular complexity index is 1650. The van der Waals surface area contributed by atoms with Gasteiger partial charge in [0.25, 0.3) is 0 Å². The Labute approximate surface area is 239 Å². The minimum absolute atomic E-state index is 0.0167. The summed E-state index contributed by atoms with van der Waals surface area (Å²) < 4.78 is 54.0. The summed E-state index contributed by atoms with van der Waals surface area (Å²) in [4.78, 5) is 14.2. The highest BCUT2D eigenvalue weighted by Gasteiger charge is 2.33. The molecule has 5 heterocycles. The van der Waals surface area contributed by atoms with Crippen molar-refractivity contribution in [3.63, 3.8) is 0 Å². The molecule has 1 amide bonds. The van der Waals surface area contributed by atoms with Crippen molar-refractivity contribution in [1.82, 2.24) is 39.3 Å². The molecule has 1 unspecified atom stereocenters. The van der Waals surface area contributed by atoms with Gasteiger partial charge in [-0.1, -0.05) is 5.21 Å². The number of pyridine rings is 1. The molecule has 0 radical (unpaired) electrons. The van der Waals surface area contributed by atoms with Crippen LogP contribution in [0.2, 0.25) is 0 Å². The number of likely N-dealkylation sites (tertiary alicyclic amines) is 1. The standard InChI is InChI=1S/C27H30F3N9O3/c1-16-23(33-35-39(16)20-6-9-36(10-7-20)25(40)42-26(3,4)5)18-12-22(24-19(13-31)14-32-37(24)15-18)41-17(2)21-8-11-38(34-21)27(28,29)30/h8,11-12,14-15,17,20H,6-7,9-10H2,1-5H3. The Morgan fingerprint density at radius 3 is 2.55 bits per heavy atom. The summed E-state index contributed by atoms with van der Waals surface area (Å²) in [6, 6.07) is 4.98. The van der Waals surface area contributed by atoms with Crippen LogP contribution in [0.5, 0.6) is 5.75 Å². The van der Waals surface area contributed by atoms with Crippen molar-refractivity contribution in [3.05, 3.63) is 47.7 Å². The van der Waals surface area contributed by atoms with E-state index in [-0.39, 0.29) is 33.8 Å². The molecule has 222 valence electrons. The fourth-order valence-corrected chi connectivity index (χ4v) is 4.91. The summed E-state index contributed by atoms with van der Waals surface area (Å²) in [6.07, 6.45) is -0.628. The quantitative estimate of drug-likeness (QED) is 0.314. The molecule has 0 N–H and O–H groups in total. The number of aromatic nitrogens is 7. The van der Waals surface area contributed by atoms with Gasteiger partial charge in [0.1, 0.15) is 46.0 Å². The van der Waals surface area contributed by atoms with E-state index in [1.807, 2.05) is 32.4 Å². The summed E-state index contributed by atoms with van der Waals surface area (Å²) in [6.45, 7) is 9.99. The zero-order valence-electron chi connectivity index (χ0n) is 23.8. The van der Waals surface area contributed by atoms with E-state index in [1.54, 1.807) is 24.1 Å². The molecule has 0 spiro atoms. The number of carbonyl (C=O) groups is 1. The minimum Gasteiger partial charge on any atom is -0.482 e. The van der Waals surface area contributed by atoms with Crippen molar-refractivity contribution in [2.75, 3.05) is 13.1 Å². The van der Waals surface area contributed by atoms with Crippen LogP contribution in [-0.2, 0) is 11.0 Å². The van der Waals surface area contributed by atoms with Crippen LogP contribution in [0.3, 0.4) is 0 Å². The molecule has 15 heteroatoms. The van der Waals surface area contributed by atoms with Crippen LogP contribution in [-0.4, -0.2) is 64.1 Å². The Hall–Kier alpha value is -4.61. The molecular weight excluding hydrogens is 555 g/mol. The molecule has 1 saturated heterocycles. The summed E-state index contributed by atoms with van der Waals surface area (Å²) in [5.74, 6) is 0.232. The summed E-state index contributed by atoms with van der Waals surface area (Å²) in [5.41, 5.74) is 2.02. The highest BCUT2D eigenvalue weighted by atomic mass is 19.4. The summed E-state index contributed by atoms with van der Waals surface area (Å²) in [7, 11) is 0. The van der Waals surface area contributed by atoms with Crippen molar-refractivity contribution in [2.45, 2.75) is 71.5 Å². The van der Waals surface area contributed by atoms with Gasteiger partial charge < -0.3 is 14.4 Å². The topological polar surface area (TPSA) is 128 Å². The van der Waals surface area contributed by atoms with Crippen LogP contribution in [0.25, 0.3) is 16.8 Å². The number of hydrogen-bond acceptors (Lipinski definition) is 8. The molecule has 0 saturated carbocycles. The van der Waals surface area contributed by atoms with Crippen LogP contribution in [0.15, 0.2) is 30.7 Å². The van der Waals surface area contributed by atoms with Gasteiger partial charge in [-0.3, -0.25) is 0 Å². The van der Waals surface area contributed by atoms with Gasteiger partial charge in [-0.25, -0.2) is 14.0 Å². The molecule has 0 bridgehead atoms. The first-order valence-electron chi connectivity index (χ1n) is 13.4. The zero-order valence-corrected chi connectivity index (χ0v) is 23.8. The second kappa shape index (κ2) is 10.7. The number of ether oxygens (including phenoxy) is 2. The van der Waals surface area contributed by atoms with Crippen LogP contribution < -0.4 is 4.74 Å². The third kappa shape index (κ3) is 5.74. The Kier molecular flexibility index (Phi) is 7.33. The molecular formula is C27H30F3N9O3. The molecule has 4 aromatic rings. The average molecular weight is 586 g/mol. The molecule has 1 atom stereocenters. The van der Waals surface area contributed by atoms with E-state index in [2.05, 4.69) is 26.6 Å². The van der Waals surface area contributed by atoms with Crippen LogP contribution in [0, 0.1) is 18.3 Å². The molecule has 1 aliphatic rings. The molecule has 12 nitrogen and oxygen atoms in total. The van der Waals surface area contributed by atoms with Crippen LogP contribution >= 0.6 is 0 Å². The molecule has 5 rings (SSSR count). The number of rotatable bonds is 5. The first-order chi connectivity index (χ1) is 19.7. The molecule has 42 heavy (non-hydrogen) atoms. The second-order valence-electron chi connectivity index (χ2n) is 11.1. The largest absolute Gasteiger partial charge is 0.504 e. The number of piperidine rings is 1. The zero-order chi connectivity index (χ0) is 30.4. The Morgan fingerprint density at radius 2 is 1.93 bits per heavy atom. The predicted molar refractivity (Wildman–Crippen MR) is 142 cm³/mol. The maximum atomic E-state index is 13.1. The Balaban J connectivity index is 1.40. The van der Waals surface area contributed by atoms with Crippen molar-refractivity contribution in [3.8, 4) is 23.1 Å². The highest BCUT2D eigenvalue weighted by Crippen LogP contribution is 2.35. The van der Waals surface area contributed by atoms with Crippen molar-refractivity contribution in [2.24, 2.45) is 0 Å². The van der Waals surface area contributed by atoms with E-state index in [4.69, 9.17) is 9.47 Å². The van der Waals surface area contributed by atoms with Crippen molar-refractivity contribution < 1.29 is 27.4 Å². The first-order valence-corrected chi connectivity index (χ1v) is 13.4. The number of nitriles is 1. The van der Waals surface area contributed by atoms with E-state index in [1.165, 1.54) is 16.8 Å². The van der Waals surface area contributed by atoms with Gasteiger partial charge in [-0.05, 0) is 59.6 Å². The fourth-order valence-electron chi connectivity index (χ4n) is 4.91. The van der Waals surface area contributed by atoms with Gasteiger partial charge in [0.15, 0.2) is 0 Å².